The molecule has 3 aliphatic carbocycles. The Morgan fingerprint density at radius 1 is 1.37 bits per heavy atom. The van der Waals surface area contributed by atoms with Gasteiger partial charge in [0, 0.05) is 17.8 Å². The fourth-order valence-electron chi connectivity index (χ4n) is 5.04. The average Bonchev–Trinajstić information content (AvgIpc) is 3.53. The van der Waals surface area contributed by atoms with Crippen LogP contribution in [-0.4, -0.2) is 61.4 Å². The molecule has 4 aliphatic rings. The molecule has 200 valence electrons. The van der Waals surface area contributed by atoms with Gasteiger partial charge in [-0.3, -0.25) is 14.2 Å². The second-order valence-electron chi connectivity index (χ2n) is 9.63. The third-order valence-corrected chi connectivity index (χ3v) is 6.94. The summed E-state index contributed by atoms with van der Waals surface area (Å²) in [6.07, 6.45) is -4.10. The van der Waals surface area contributed by atoms with Gasteiger partial charge in [-0.15, -0.1) is 13.2 Å². The smallest absolute Gasteiger partial charge is 0.441 e. The number of hydrogen-bond donors (Lipinski definition) is 3. The Bertz CT molecular complexity index is 1420. The van der Waals surface area contributed by atoms with Crippen LogP contribution in [0.15, 0.2) is 18.5 Å². The highest BCUT2D eigenvalue weighted by atomic mass is 19.4. The minimum atomic E-state index is -4.85. The number of rotatable bonds is 7. The van der Waals surface area contributed by atoms with Gasteiger partial charge in [0.2, 0.25) is 5.95 Å². The number of imidazole rings is 1. The molecule has 0 radical (unpaired) electrons. The van der Waals surface area contributed by atoms with Crippen LogP contribution in [0.25, 0.3) is 5.65 Å². The van der Waals surface area contributed by atoms with Crippen molar-refractivity contribution >= 4 is 23.5 Å². The number of hydrogen-bond acceptors (Lipinski definition) is 9. The first-order valence-electron chi connectivity index (χ1n) is 11.7. The number of ether oxygens (including phenoxy) is 3. The van der Waals surface area contributed by atoms with Gasteiger partial charge in [0.15, 0.2) is 23.7 Å². The summed E-state index contributed by atoms with van der Waals surface area (Å²) in [7, 11) is 0. The first-order valence-corrected chi connectivity index (χ1v) is 11.7. The lowest BCUT2D eigenvalue weighted by Gasteiger charge is -2.61. The number of nitriles is 1. The summed E-state index contributed by atoms with van der Waals surface area (Å²) in [6, 6.07) is 3.33. The molecule has 3 saturated carbocycles. The van der Waals surface area contributed by atoms with E-state index in [2.05, 4.69) is 35.5 Å². The first kappa shape index (κ1) is 24.4. The molecular weight excluding hydrogens is 516 g/mol. The Morgan fingerprint density at radius 2 is 2.16 bits per heavy atom. The monoisotopic (exact) mass is 536 g/mol. The van der Waals surface area contributed by atoms with Crippen molar-refractivity contribution < 1.29 is 36.6 Å². The Labute approximate surface area is 211 Å². The van der Waals surface area contributed by atoms with E-state index in [-0.39, 0.29) is 46.5 Å². The molecule has 3 aromatic rings. The number of aromatic nitrogens is 5. The number of amides is 1. The molecule has 0 aromatic carbocycles. The number of fused-ring (bicyclic) bond motifs is 1. The third-order valence-electron chi connectivity index (χ3n) is 6.94. The maximum Gasteiger partial charge on any atom is 0.522 e. The molecule has 3 atom stereocenters. The van der Waals surface area contributed by atoms with E-state index in [9.17, 15) is 23.2 Å². The van der Waals surface area contributed by atoms with Crippen molar-refractivity contribution in [3.05, 3.63) is 35.4 Å². The fraction of sp³-hybridized carbons (Fsp3) is 0.500. The van der Waals surface area contributed by atoms with E-state index in [1.54, 1.807) is 0 Å². The molecular formula is C22H20F4N8O4. The SMILES string of the molecule is N#Cc1cnc(Nc2cc([C@H]3OC[C@@H](OC(=O)NC45CC(C4)C5)[C@@H]3F)[nH]n2)n2cc(COC(F)(F)F)nc12. The number of nitrogens with one attached hydrogen (secondary N) is 3. The van der Waals surface area contributed by atoms with Crippen molar-refractivity contribution in [1.82, 2.24) is 29.9 Å². The average molecular weight is 536 g/mol. The highest BCUT2D eigenvalue weighted by Gasteiger charge is 2.58. The molecule has 12 nitrogen and oxygen atoms in total. The van der Waals surface area contributed by atoms with Gasteiger partial charge in [-0.2, -0.15) is 10.4 Å². The Hall–Kier alpha value is -3.97. The minimum Gasteiger partial charge on any atom is -0.441 e. The number of nitrogens with zero attached hydrogens (tertiary/aromatic N) is 5. The van der Waals surface area contributed by atoms with Crippen LogP contribution in [0.3, 0.4) is 0 Å². The van der Waals surface area contributed by atoms with Crippen LogP contribution in [0.5, 0.6) is 0 Å². The van der Waals surface area contributed by atoms with Crippen LogP contribution in [0.4, 0.5) is 34.1 Å². The number of halogens is 4. The van der Waals surface area contributed by atoms with Gasteiger partial charge in [0.25, 0.3) is 0 Å². The van der Waals surface area contributed by atoms with Gasteiger partial charge in [-0.25, -0.2) is 19.2 Å². The molecule has 1 saturated heterocycles. The maximum atomic E-state index is 15.1. The van der Waals surface area contributed by atoms with Crippen molar-refractivity contribution in [2.24, 2.45) is 5.92 Å². The van der Waals surface area contributed by atoms with E-state index >= 15 is 4.39 Å². The molecule has 0 spiro atoms. The van der Waals surface area contributed by atoms with Gasteiger partial charge in [0.05, 0.1) is 30.8 Å². The summed E-state index contributed by atoms with van der Waals surface area (Å²) < 4.78 is 68.2. The fourth-order valence-corrected chi connectivity index (χ4v) is 5.04. The molecule has 4 fully saturated rings. The van der Waals surface area contributed by atoms with E-state index in [4.69, 9.17) is 9.47 Å². The van der Waals surface area contributed by atoms with Crippen molar-refractivity contribution in [1.29, 1.82) is 5.26 Å². The van der Waals surface area contributed by atoms with Crippen LogP contribution in [0.2, 0.25) is 0 Å². The summed E-state index contributed by atoms with van der Waals surface area (Å²) in [6.45, 7) is -0.992. The van der Waals surface area contributed by atoms with Crippen molar-refractivity contribution in [2.75, 3.05) is 11.9 Å². The molecule has 7 rings (SSSR count). The lowest BCUT2D eigenvalue weighted by atomic mass is 9.50. The van der Waals surface area contributed by atoms with Crippen molar-refractivity contribution in [3.63, 3.8) is 0 Å². The number of carbonyl (C=O) groups is 1. The van der Waals surface area contributed by atoms with E-state index in [1.165, 1.54) is 22.9 Å². The van der Waals surface area contributed by atoms with Gasteiger partial charge in [0.1, 0.15) is 17.7 Å². The van der Waals surface area contributed by atoms with E-state index < -0.39 is 37.4 Å². The lowest BCUT2D eigenvalue weighted by molar-refractivity contribution is -0.330. The molecule has 0 unspecified atom stereocenters. The van der Waals surface area contributed by atoms with E-state index in [0.717, 1.165) is 19.3 Å². The summed E-state index contributed by atoms with van der Waals surface area (Å²) in [5, 5.41) is 21.7. The first-order chi connectivity index (χ1) is 18.1. The van der Waals surface area contributed by atoms with Crippen LogP contribution in [0, 0.1) is 17.2 Å². The van der Waals surface area contributed by atoms with Crippen LogP contribution in [0.1, 0.15) is 42.3 Å². The molecule has 1 aliphatic heterocycles. The molecule has 3 N–H and O–H groups in total. The largest absolute Gasteiger partial charge is 0.522 e. The Kier molecular flexibility index (Phi) is 5.65. The minimum absolute atomic E-state index is 0.0280. The number of carbonyl (C=O) groups excluding carboxylic acids is 1. The zero-order valence-electron chi connectivity index (χ0n) is 19.5. The maximum absolute atomic E-state index is 15.1. The number of alkyl carbamates (subject to hydrolysis) is 1. The van der Waals surface area contributed by atoms with Crippen molar-refractivity contribution in [2.45, 2.75) is 56.2 Å². The normalized spacial score (nSPS) is 27.9. The molecule has 1 amide bonds. The predicted molar refractivity (Wildman–Crippen MR) is 117 cm³/mol. The van der Waals surface area contributed by atoms with Gasteiger partial charge in [-0.05, 0) is 25.2 Å². The lowest BCUT2D eigenvalue weighted by Crippen LogP contribution is -2.68. The van der Waals surface area contributed by atoms with E-state index in [1.807, 2.05) is 6.07 Å². The molecule has 2 bridgehead atoms. The van der Waals surface area contributed by atoms with Crippen LogP contribution in [-0.2, 0) is 20.8 Å². The highest BCUT2D eigenvalue weighted by Crippen LogP contribution is 2.57. The topological polar surface area (TPSA) is 151 Å². The van der Waals surface area contributed by atoms with Gasteiger partial charge >= 0.3 is 12.5 Å². The Morgan fingerprint density at radius 3 is 2.84 bits per heavy atom. The summed E-state index contributed by atoms with van der Waals surface area (Å²) in [5.74, 6) is 0.932. The third kappa shape index (κ3) is 4.47. The summed E-state index contributed by atoms with van der Waals surface area (Å²) in [5.41, 5.74) is 0.0757. The molecule has 4 heterocycles. The summed E-state index contributed by atoms with van der Waals surface area (Å²) in [4.78, 5) is 20.3. The van der Waals surface area contributed by atoms with Crippen molar-refractivity contribution in [3.8, 4) is 6.07 Å². The van der Waals surface area contributed by atoms with Crippen LogP contribution >= 0.6 is 0 Å². The number of H-pyrrole nitrogens is 1. The van der Waals surface area contributed by atoms with Gasteiger partial charge in [-0.1, -0.05) is 0 Å². The quantitative estimate of drug-likeness (QED) is 0.387. The number of anilines is 2. The zero-order chi connectivity index (χ0) is 26.7. The van der Waals surface area contributed by atoms with Gasteiger partial charge < -0.3 is 20.1 Å². The van der Waals surface area contributed by atoms with E-state index in [0.29, 0.717) is 5.92 Å². The Balaban J connectivity index is 1.13. The highest BCUT2D eigenvalue weighted by molar-refractivity contribution is 5.69. The molecule has 16 heteroatoms. The second kappa shape index (κ2) is 8.81. The van der Waals surface area contributed by atoms with Crippen LogP contribution < -0.4 is 10.6 Å². The zero-order valence-corrected chi connectivity index (χ0v) is 19.5. The number of aromatic amines is 1. The molecule has 38 heavy (non-hydrogen) atoms. The standard InChI is InChI=1S/C22H20F4N8O4/c23-16-14(38-20(35)31-21-2-10(3-21)4-21)9-36-17(16)13-1-15(33-32-13)30-19-28-6-11(5-27)18-29-12(7-34(18)19)8-37-22(24,25)26/h1,6-7,10,14,16-17H,2-4,8-9H2,(H,31,35)(H2,28,30,32,33)/t10?,14-,16+,17-,21?/m1/s1. The molecule has 3 aromatic heterocycles. The predicted octanol–water partition coefficient (Wildman–Crippen LogP) is 3.16. The number of alkyl halides is 4. The summed E-state index contributed by atoms with van der Waals surface area (Å²) >= 11 is 0. The second-order valence-corrected chi connectivity index (χ2v) is 9.63.